The maximum Gasteiger partial charge on any atom is 0.0479 e. The van der Waals surface area contributed by atoms with Gasteiger partial charge in [0, 0.05) is 4.87 Å². The normalized spacial score (nSPS) is 13.5. The molecule has 0 radical (unpaired) electrons. The Morgan fingerprint density at radius 2 is 0.714 bits per heavy atom. The van der Waals surface area contributed by atoms with Gasteiger partial charge >= 0.3 is 0 Å². The molecular formula is C34H69Cl. The Morgan fingerprint density at radius 1 is 0.429 bits per heavy atom. The van der Waals surface area contributed by atoms with Gasteiger partial charge in [0.15, 0.2) is 0 Å². The minimum Gasteiger partial charge on any atom is -0.119 e. The fourth-order valence-corrected chi connectivity index (χ4v) is 6.88. The van der Waals surface area contributed by atoms with Gasteiger partial charge in [-0.2, -0.15) is 0 Å². The molecular weight excluding hydrogens is 444 g/mol. The molecule has 0 N–H and O–H groups in total. The van der Waals surface area contributed by atoms with Crippen molar-refractivity contribution in [1.29, 1.82) is 0 Å². The van der Waals surface area contributed by atoms with Gasteiger partial charge in [0.25, 0.3) is 0 Å². The van der Waals surface area contributed by atoms with Crippen molar-refractivity contribution in [2.24, 2.45) is 11.3 Å². The molecule has 0 amide bonds. The smallest absolute Gasteiger partial charge is 0.0479 e. The van der Waals surface area contributed by atoms with Crippen LogP contribution in [-0.4, -0.2) is 4.87 Å². The van der Waals surface area contributed by atoms with Gasteiger partial charge in [0.05, 0.1) is 0 Å². The summed E-state index contributed by atoms with van der Waals surface area (Å²) in [5, 5.41) is 0. The molecule has 1 atom stereocenters. The SMILES string of the molecule is CCCCCCCCCCC(Cl)(CCCCCCCCCC)C(CCCCCCCC)C(C)(C)C. The van der Waals surface area contributed by atoms with E-state index in [1.807, 2.05) is 0 Å². The fourth-order valence-electron chi connectivity index (χ4n) is 6.18. The number of halogens is 1. The lowest BCUT2D eigenvalue weighted by Crippen LogP contribution is -2.40. The summed E-state index contributed by atoms with van der Waals surface area (Å²) in [6.07, 6.45) is 34.5. The first-order valence-electron chi connectivity index (χ1n) is 16.5. The predicted octanol–water partition coefficient (Wildman–Crippen LogP) is 13.4. The quantitative estimate of drug-likeness (QED) is 0.0797. The molecule has 0 aliphatic rings. The molecule has 0 saturated carbocycles. The van der Waals surface area contributed by atoms with Crippen LogP contribution < -0.4 is 0 Å². The molecule has 0 rings (SSSR count). The first-order chi connectivity index (χ1) is 16.8. The van der Waals surface area contributed by atoms with Crippen molar-refractivity contribution in [1.82, 2.24) is 0 Å². The Morgan fingerprint density at radius 3 is 1.03 bits per heavy atom. The molecule has 0 heterocycles. The van der Waals surface area contributed by atoms with Crippen molar-refractivity contribution < 1.29 is 0 Å². The molecule has 0 spiro atoms. The summed E-state index contributed by atoms with van der Waals surface area (Å²) >= 11 is 7.72. The monoisotopic (exact) mass is 513 g/mol. The van der Waals surface area contributed by atoms with Crippen molar-refractivity contribution in [3.05, 3.63) is 0 Å². The van der Waals surface area contributed by atoms with Gasteiger partial charge in [-0.3, -0.25) is 0 Å². The standard InChI is InChI=1S/C34H69Cl/c1-7-10-13-16-19-21-24-27-30-34(35,31-28-25-22-20-17-14-11-8-2)32(33(4,5)6)29-26-23-18-15-12-9-3/h32H,7-31H2,1-6H3. The highest BCUT2D eigenvalue weighted by Gasteiger charge is 2.41. The molecule has 0 saturated heterocycles. The lowest BCUT2D eigenvalue weighted by molar-refractivity contribution is 0.142. The molecule has 0 aromatic heterocycles. The average molecular weight is 513 g/mol. The summed E-state index contributed by atoms with van der Waals surface area (Å²) in [7, 11) is 0. The summed E-state index contributed by atoms with van der Waals surface area (Å²) in [4.78, 5) is 0.00604. The number of hydrogen-bond acceptors (Lipinski definition) is 0. The molecule has 0 fully saturated rings. The van der Waals surface area contributed by atoms with Crippen molar-refractivity contribution in [2.45, 2.75) is 207 Å². The highest BCUT2D eigenvalue weighted by atomic mass is 35.5. The molecule has 1 unspecified atom stereocenters. The highest BCUT2D eigenvalue weighted by Crippen LogP contribution is 2.48. The van der Waals surface area contributed by atoms with Crippen molar-refractivity contribution in [2.75, 3.05) is 0 Å². The second-order valence-corrected chi connectivity index (χ2v) is 13.7. The van der Waals surface area contributed by atoms with Gasteiger partial charge in [0.1, 0.15) is 0 Å². The van der Waals surface area contributed by atoms with E-state index in [2.05, 4.69) is 41.5 Å². The third kappa shape index (κ3) is 20.0. The number of hydrogen-bond donors (Lipinski definition) is 0. The van der Waals surface area contributed by atoms with Crippen molar-refractivity contribution in [3.63, 3.8) is 0 Å². The summed E-state index contributed by atoms with van der Waals surface area (Å²) in [5.41, 5.74) is 0.297. The maximum atomic E-state index is 7.72. The van der Waals surface area contributed by atoms with E-state index in [-0.39, 0.29) is 4.87 Å². The van der Waals surface area contributed by atoms with Crippen molar-refractivity contribution >= 4 is 11.6 Å². The summed E-state index contributed by atoms with van der Waals surface area (Å²) < 4.78 is 0. The molecule has 1 heteroatoms. The van der Waals surface area contributed by atoms with Gasteiger partial charge in [-0.15, -0.1) is 11.6 Å². The van der Waals surface area contributed by atoms with E-state index in [0.29, 0.717) is 11.3 Å². The first-order valence-corrected chi connectivity index (χ1v) is 16.9. The van der Waals surface area contributed by atoms with E-state index in [4.69, 9.17) is 11.6 Å². The van der Waals surface area contributed by atoms with Crippen molar-refractivity contribution in [3.8, 4) is 0 Å². The van der Waals surface area contributed by atoms with Gasteiger partial charge in [-0.05, 0) is 30.6 Å². The molecule has 35 heavy (non-hydrogen) atoms. The van der Waals surface area contributed by atoms with Gasteiger partial charge in [-0.1, -0.05) is 183 Å². The van der Waals surface area contributed by atoms with Gasteiger partial charge in [-0.25, -0.2) is 0 Å². The Hall–Kier alpha value is 0.290. The molecule has 212 valence electrons. The number of alkyl halides is 1. The van der Waals surface area contributed by atoms with E-state index in [9.17, 15) is 0 Å². The van der Waals surface area contributed by atoms with Crippen LogP contribution in [0.25, 0.3) is 0 Å². The van der Waals surface area contributed by atoms with E-state index < -0.39 is 0 Å². The zero-order chi connectivity index (χ0) is 26.3. The average Bonchev–Trinajstić information content (AvgIpc) is 2.81. The van der Waals surface area contributed by atoms with Crippen LogP contribution in [0, 0.1) is 11.3 Å². The zero-order valence-electron chi connectivity index (χ0n) is 25.6. The summed E-state index contributed by atoms with van der Waals surface area (Å²) in [5.74, 6) is 0.636. The van der Waals surface area contributed by atoms with Crippen LogP contribution in [0.4, 0.5) is 0 Å². The number of unbranched alkanes of at least 4 members (excludes halogenated alkanes) is 19. The summed E-state index contributed by atoms with van der Waals surface area (Å²) in [6.45, 7) is 14.3. The Bertz CT molecular complexity index is 401. The van der Waals surface area contributed by atoms with Crippen LogP contribution in [0.1, 0.15) is 202 Å². The van der Waals surface area contributed by atoms with Crippen LogP contribution in [0.5, 0.6) is 0 Å². The Labute approximate surface area is 229 Å². The topological polar surface area (TPSA) is 0 Å². The van der Waals surface area contributed by atoms with Gasteiger partial charge in [0.2, 0.25) is 0 Å². The molecule has 0 aromatic rings. The van der Waals surface area contributed by atoms with Crippen LogP contribution in [0.3, 0.4) is 0 Å². The van der Waals surface area contributed by atoms with Crippen LogP contribution in [0.2, 0.25) is 0 Å². The minimum atomic E-state index is 0.00604. The molecule has 0 aromatic carbocycles. The lowest BCUT2D eigenvalue weighted by Gasteiger charge is -2.44. The number of rotatable bonds is 26. The lowest BCUT2D eigenvalue weighted by atomic mass is 9.67. The van der Waals surface area contributed by atoms with E-state index >= 15 is 0 Å². The molecule has 0 bridgehead atoms. The van der Waals surface area contributed by atoms with Crippen LogP contribution in [-0.2, 0) is 0 Å². The largest absolute Gasteiger partial charge is 0.119 e. The maximum absolute atomic E-state index is 7.72. The second kappa shape index (κ2) is 23.4. The second-order valence-electron chi connectivity index (χ2n) is 13.0. The highest BCUT2D eigenvalue weighted by molar-refractivity contribution is 6.24. The third-order valence-electron chi connectivity index (χ3n) is 8.41. The Balaban J connectivity index is 4.78. The van der Waals surface area contributed by atoms with Crippen LogP contribution >= 0.6 is 11.6 Å². The summed E-state index contributed by atoms with van der Waals surface area (Å²) in [6, 6.07) is 0. The third-order valence-corrected chi connectivity index (χ3v) is 9.05. The minimum absolute atomic E-state index is 0.00604. The van der Waals surface area contributed by atoms with Gasteiger partial charge < -0.3 is 0 Å². The molecule has 0 aliphatic carbocycles. The van der Waals surface area contributed by atoms with E-state index in [1.165, 1.54) is 161 Å². The fraction of sp³-hybridized carbons (Fsp3) is 1.00. The van der Waals surface area contributed by atoms with E-state index in [1.54, 1.807) is 0 Å². The van der Waals surface area contributed by atoms with E-state index in [0.717, 1.165) is 0 Å². The first kappa shape index (κ1) is 35.3. The zero-order valence-corrected chi connectivity index (χ0v) is 26.4. The molecule has 0 nitrogen and oxygen atoms in total. The predicted molar refractivity (Wildman–Crippen MR) is 164 cm³/mol. The molecule has 0 aliphatic heterocycles. The van der Waals surface area contributed by atoms with Crippen LogP contribution in [0.15, 0.2) is 0 Å². The Kier molecular flexibility index (Phi) is 23.6.